The highest BCUT2D eigenvalue weighted by Gasteiger charge is 2.21. The lowest BCUT2D eigenvalue weighted by molar-refractivity contribution is 0.0224. The van der Waals surface area contributed by atoms with E-state index in [0.717, 1.165) is 50.1 Å². The maximum absolute atomic E-state index is 12.5. The summed E-state index contributed by atoms with van der Waals surface area (Å²) in [5.74, 6) is 0. The second-order valence-corrected chi connectivity index (χ2v) is 8.71. The number of fused-ring (bicyclic) bond motifs is 1. The minimum absolute atomic E-state index is 0.116. The van der Waals surface area contributed by atoms with Crippen LogP contribution in [0.15, 0.2) is 41.2 Å². The van der Waals surface area contributed by atoms with Gasteiger partial charge < -0.3 is 4.74 Å². The van der Waals surface area contributed by atoms with Crippen molar-refractivity contribution in [1.29, 1.82) is 0 Å². The number of aromatic nitrogens is 3. The number of hydrogen-bond donors (Lipinski definition) is 0. The molecule has 1 aliphatic heterocycles. The minimum Gasteiger partial charge on any atom is -0.379 e. The van der Waals surface area contributed by atoms with Crippen molar-refractivity contribution < 1.29 is 4.74 Å². The fourth-order valence-electron chi connectivity index (χ4n) is 3.70. The summed E-state index contributed by atoms with van der Waals surface area (Å²) >= 11 is 1.45. The molecule has 8 heteroatoms. The third kappa shape index (κ3) is 5.08. The van der Waals surface area contributed by atoms with Crippen LogP contribution in [0.25, 0.3) is 4.96 Å². The van der Waals surface area contributed by atoms with E-state index in [0.29, 0.717) is 17.5 Å². The third-order valence-electron chi connectivity index (χ3n) is 5.24. The number of nitrogens with zero attached hydrogens (tertiary/aromatic N) is 5. The summed E-state index contributed by atoms with van der Waals surface area (Å²) in [5.41, 5.74) is 1.94. The maximum atomic E-state index is 12.5. The van der Waals surface area contributed by atoms with Crippen molar-refractivity contribution in [2.75, 3.05) is 32.8 Å². The van der Waals surface area contributed by atoms with Crippen LogP contribution in [0, 0.1) is 6.92 Å². The van der Waals surface area contributed by atoms with Gasteiger partial charge in [0.25, 0.3) is 5.56 Å². The molecule has 0 spiro atoms. The zero-order valence-electron chi connectivity index (χ0n) is 17.0. The number of morpholine rings is 1. The molecule has 1 aliphatic rings. The van der Waals surface area contributed by atoms with Gasteiger partial charge in [-0.25, -0.2) is 4.98 Å². The van der Waals surface area contributed by atoms with Crippen molar-refractivity contribution in [2.45, 2.75) is 33.0 Å². The van der Waals surface area contributed by atoms with E-state index in [1.54, 1.807) is 6.07 Å². The summed E-state index contributed by atoms with van der Waals surface area (Å²) < 4.78 is 6.87. The zero-order valence-corrected chi connectivity index (χ0v) is 17.8. The fourth-order valence-corrected chi connectivity index (χ4v) is 4.47. The van der Waals surface area contributed by atoms with Crippen molar-refractivity contribution in [3.63, 3.8) is 0 Å². The van der Waals surface area contributed by atoms with Crippen molar-refractivity contribution in [3.05, 3.63) is 63.0 Å². The number of benzene rings is 1. The summed E-state index contributed by atoms with van der Waals surface area (Å²) in [5, 5.41) is 5.08. The molecular weight excluding hydrogens is 386 g/mol. The van der Waals surface area contributed by atoms with Gasteiger partial charge in [-0.1, -0.05) is 41.7 Å². The summed E-state index contributed by atoms with van der Waals surface area (Å²) in [6.07, 6.45) is 0. The van der Waals surface area contributed by atoms with Crippen LogP contribution >= 0.6 is 11.3 Å². The first-order chi connectivity index (χ1) is 14.1. The van der Waals surface area contributed by atoms with Crippen molar-refractivity contribution in [2.24, 2.45) is 0 Å². The average molecular weight is 414 g/mol. The van der Waals surface area contributed by atoms with E-state index < -0.39 is 0 Å². The summed E-state index contributed by atoms with van der Waals surface area (Å²) in [6, 6.07) is 12.4. The zero-order chi connectivity index (χ0) is 20.2. The van der Waals surface area contributed by atoms with Gasteiger partial charge in [-0.05, 0) is 19.4 Å². The Morgan fingerprint density at radius 3 is 2.72 bits per heavy atom. The molecule has 0 N–H and O–H groups in total. The highest BCUT2D eigenvalue weighted by Crippen LogP contribution is 2.15. The van der Waals surface area contributed by atoms with E-state index in [9.17, 15) is 4.79 Å². The first kappa shape index (κ1) is 20.2. The van der Waals surface area contributed by atoms with Gasteiger partial charge in [0.15, 0.2) is 0 Å². The molecule has 4 rings (SSSR count). The standard InChI is InChI=1S/C21H27N5O2S/c1-16(13-24-8-10-28-11-9-24)25(14-18-6-4-3-5-7-18)15-19-12-20(27)26-21(22-19)29-17(2)23-26/h3-7,12,16H,8-11,13-15H2,1-2H3. The van der Waals surface area contributed by atoms with E-state index in [-0.39, 0.29) is 5.56 Å². The molecule has 1 atom stereocenters. The van der Waals surface area contributed by atoms with Gasteiger partial charge in [0.2, 0.25) is 4.96 Å². The summed E-state index contributed by atoms with van der Waals surface area (Å²) in [7, 11) is 0. The van der Waals surface area contributed by atoms with Crippen LogP contribution in [0.2, 0.25) is 0 Å². The SMILES string of the molecule is Cc1nn2c(=O)cc(CN(Cc3ccccc3)C(C)CN3CCOCC3)nc2s1. The Labute approximate surface area is 174 Å². The quantitative estimate of drug-likeness (QED) is 0.592. The first-order valence-electron chi connectivity index (χ1n) is 10.0. The van der Waals surface area contributed by atoms with Gasteiger partial charge in [0.1, 0.15) is 5.01 Å². The molecule has 0 bridgehead atoms. The van der Waals surface area contributed by atoms with Crippen molar-refractivity contribution in [1.82, 2.24) is 24.4 Å². The van der Waals surface area contributed by atoms with Crippen LogP contribution in [0.4, 0.5) is 0 Å². The predicted octanol–water partition coefficient (Wildman–Crippen LogP) is 2.18. The molecule has 3 heterocycles. The second kappa shape index (κ2) is 9.13. The lowest BCUT2D eigenvalue weighted by Crippen LogP contribution is -2.45. The van der Waals surface area contributed by atoms with Crippen LogP contribution in [-0.2, 0) is 17.8 Å². The van der Waals surface area contributed by atoms with Gasteiger partial charge in [0, 0.05) is 44.8 Å². The largest absolute Gasteiger partial charge is 0.379 e. The molecule has 1 unspecified atom stereocenters. The van der Waals surface area contributed by atoms with Crippen LogP contribution < -0.4 is 5.56 Å². The lowest BCUT2D eigenvalue weighted by atomic mass is 10.1. The average Bonchev–Trinajstić information content (AvgIpc) is 3.10. The third-order valence-corrected chi connectivity index (χ3v) is 6.07. The highest BCUT2D eigenvalue weighted by molar-refractivity contribution is 7.16. The van der Waals surface area contributed by atoms with Crippen molar-refractivity contribution in [3.8, 4) is 0 Å². The van der Waals surface area contributed by atoms with E-state index in [1.165, 1.54) is 21.4 Å². The molecule has 154 valence electrons. The maximum Gasteiger partial charge on any atom is 0.275 e. The van der Waals surface area contributed by atoms with E-state index in [2.05, 4.69) is 46.1 Å². The molecule has 0 radical (unpaired) electrons. The number of ether oxygens (including phenoxy) is 1. The minimum atomic E-state index is -0.116. The Balaban J connectivity index is 1.56. The van der Waals surface area contributed by atoms with Crippen LogP contribution in [0.5, 0.6) is 0 Å². The molecule has 0 amide bonds. The van der Waals surface area contributed by atoms with Crippen LogP contribution in [0.3, 0.4) is 0 Å². The van der Waals surface area contributed by atoms with Gasteiger partial charge in [-0.3, -0.25) is 14.6 Å². The Kier molecular flexibility index (Phi) is 6.34. The molecule has 3 aromatic rings. The molecule has 0 aliphatic carbocycles. The highest BCUT2D eigenvalue weighted by atomic mass is 32.1. The fraction of sp³-hybridized carbons (Fsp3) is 0.476. The molecule has 0 saturated carbocycles. The molecule has 29 heavy (non-hydrogen) atoms. The molecular formula is C21H27N5O2S. The summed E-state index contributed by atoms with van der Waals surface area (Å²) in [6.45, 7) is 10.1. The summed E-state index contributed by atoms with van der Waals surface area (Å²) in [4.78, 5) is 22.7. The van der Waals surface area contributed by atoms with Gasteiger partial charge in [-0.15, -0.1) is 0 Å². The Bertz CT molecular complexity index is 997. The monoisotopic (exact) mass is 413 g/mol. The topological polar surface area (TPSA) is 63.0 Å². The van der Waals surface area contributed by atoms with Crippen LogP contribution in [-0.4, -0.2) is 63.3 Å². The van der Waals surface area contributed by atoms with Crippen LogP contribution in [0.1, 0.15) is 23.2 Å². The van der Waals surface area contributed by atoms with Gasteiger partial charge >= 0.3 is 0 Å². The Morgan fingerprint density at radius 1 is 1.21 bits per heavy atom. The molecule has 1 aromatic carbocycles. The number of aryl methyl sites for hydroxylation is 1. The van der Waals surface area contributed by atoms with E-state index in [1.807, 2.05) is 13.0 Å². The first-order valence-corrected chi connectivity index (χ1v) is 10.8. The second-order valence-electron chi connectivity index (χ2n) is 7.55. The molecule has 7 nitrogen and oxygen atoms in total. The van der Waals surface area contributed by atoms with E-state index >= 15 is 0 Å². The molecule has 2 aromatic heterocycles. The number of hydrogen-bond acceptors (Lipinski definition) is 7. The van der Waals surface area contributed by atoms with E-state index in [4.69, 9.17) is 9.72 Å². The smallest absolute Gasteiger partial charge is 0.275 e. The predicted molar refractivity (Wildman–Crippen MR) is 114 cm³/mol. The Morgan fingerprint density at radius 2 is 1.97 bits per heavy atom. The molecule has 1 fully saturated rings. The number of rotatable bonds is 7. The Hall–Kier alpha value is -2.13. The van der Waals surface area contributed by atoms with Gasteiger partial charge in [-0.2, -0.15) is 9.61 Å². The lowest BCUT2D eigenvalue weighted by Gasteiger charge is -2.35. The van der Waals surface area contributed by atoms with Crippen molar-refractivity contribution >= 4 is 16.3 Å². The van der Waals surface area contributed by atoms with Gasteiger partial charge in [0.05, 0.1) is 18.9 Å². The molecule has 1 saturated heterocycles. The normalized spacial score (nSPS) is 16.5.